The molecule has 20 heavy (non-hydrogen) atoms. The van der Waals surface area contributed by atoms with E-state index in [1.54, 1.807) is 23.9 Å². The van der Waals surface area contributed by atoms with Crippen molar-refractivity contribution in [1.82, 2.24) is 9.78 Å². The third kappa shape index (κ3) is 2.96. The molecule has 0 radical (unpaired) electrons. The molecule has 1 aromatic heterocycles. The maximum absolute atomic E-state index is 12.0. The highest BCUT2D eigenvalue weighted by Crippen LogP contribution is 2.23. The molecule has 0 spiro atoms. The molecule has 1 aromatic carbocycles. The van der Waals surface area contributed by atoms with Crippen LogP contribution in [-0.4, -0.2) is 15.7 Å². The van der Waals surface area contributed by atoms with Crippen molar-refractivity contribution in [3.63, 3.8) is 0 Å². The fraction of sp³-hybridized carbons (Fsp3) is 0.231. The standard InChI is InChI=1S/C13H13BrClN3O2/c1-7-12(14)11(18(2)17-7)6-20-13(19)9-4-3-8(15)5-10(9)16/h3-5H,6,16H2,1-2H3. The topological polar surface area (TPSA) is 70.1 Å². The van der Waals surface area contributed by atoms with Crippen LogP contribution < -0.4 is 5.73 Å². The van der Waals surface area contributed by atoms with Crippen LogP contribution in [0.5, 0.6) is 0 Å². The Morgan fingerprint density at radius 1 is 1.55 bits per heavy atom. The van der Waals surface area contributed by atoms with Crippen molar-refractivity contribution in [2.24, 2.45) is 7.05 Å². The first-order valence-electron chi connectivity index (χ1n) is 5.80. The van der Waals surface area contributed by atoms with Crippen molar-refractivity contribution >= 4 is 39.2 Å². The van der Waals surface area contributed by atoms with Gasteiger partial charge in [-0.2, -0.15) is 5.10 Å². The Bertz CT molecular complexity index is 670. The van der Waals surface area contributed by atoms with Gasteiger partial charge in [0.25, 0.3) is 0 Å². The summed E-state index contributed by atoms with van der Waals surface area (Å²) in [5, 5.41) is 4.70. The van der Waals surface area contributed by atoms with Crippen LogP contribution in [0.4, 0.5) is 5.69 Å². The predicted molar refractivity (Wildman–Crippen MR) is 80.6 cm³/mol. The second-order valence-corrected chi connectivity index (χ2v) is 5.51. The van der Waals surface area contributed by atoms with E-state index in [0.717, 1.165) is 15.9 Å². The average molecular weight is 359 g/mol. The zero-order chi connectivity index (χ0) is 14.9. The molecule has 0 aliphatic carbocycles. The molecule has 0 unspecified atom stereocenters. The lowest BCUT2D eigenvalue weighted by Crippen LogP contribution is -2.10. The van der Waals surface area contributed by atoms with Crippen LogP contribution in [0.15, 0.2) is 22.7 Å². The average Bonchev–Trinajstić information content (AvgIpc) is 2.61. The Kier molecular flexibility index (Phi) is 4.35. The highest BCUT2D eigenvalue weighted by molar-refractivity contribution is 9.10. The molecule has 0 amide bonds. The van der Waals surface area contributed by atoms with Crippen molar-refractivity contribution in [1.29, 1.82) is 0 Å². The van der Waals surface area contributed by atoms with E-state index < -0.39 is 5.97 Å². The van der Waals surface area contributed by atoms with Gasteiger partial charge in [0.1, 0.15) is 6.61 Å². The summed E-state index contributed by atoms with van der Waals surface area (Å²) in [6, 6.07) is 4.66. The van der Waals surface area contributed by atoms with Crippen LogP contribution >= 0.6 is 27.5 Å². The number of hydrogen-bond donors (Lipinski definition) is 1. The minimum absolute atomic E-state index is 0.110. The minimum Gasteiger partial charge on any atom is -0.455 e. The van der Waals surface area contributed by atoms with E-state index in [2.05, 4.69) is 21.0 Å². The van der Waals surface area contributed by atoms with Gasteiger partial charge >= 0.3 is 5.97 Å². The van der Waals surface area contributed by atoms with Crippen LogP contribution in [0.25, 0.3) is 0 Å². The maximum atomic E-state index is 12.0. The first kappa shape index (κ1) is 14.9. The molecule has 0 bridgehead atoms. The molecule has 5 nitrogen and oxygen atoms in total. The van der Waals surface area contributed by atoms with E-state index in [1.807, 2.05) is 6.92 Å². The lowest BCUT2D eigenvalue weighted by Gasteiger charge is -2.08. The van der Waals surface area contributed by atoms with Gasteiger partial charge < -0.3 is 10.5 Å². The Hall–Kier alpha value is -1.53. The Labute approximate surface area is 129 Å². The monoisotopic (exact) mass is 357 g/mol. The molecule has 0 aliphatic rings. The van der Waals surface area contributed by atoms with Crippen molar-refractivity contribution < 1.29 is 9.53 Å². The molecular weight excluding hydrogens is 346 g/mol. The van der Waals surface area contributed by atoms with E-state index in [1.165, 1.54) is 6.07 Å². The van der Waals surface area contributed by atoms with Gasteiger partial charge in [0, 0.05) is 17.8 Å². The third-order valence-corrected chi connectivity index (χ3v) is 4.10. The normalized spacial score (nSPS) is 10.6. The number of benzene rings is 1. The third-order valence-electron chi connectivity index (χ3n) is 2.84. The Morgan fingerprint density at radius 3 is 2.80 bits per heavy atom. The van der Waals surface area contributed by atoms with Crippen molar-refractivity contribution in [3.05, 3.63) is 44.6 Å². The predicted octanol–water partition coefficient (Wildman–Crippen LogP) is 3.08. The molecule has 0 atom stereocenters. The van der Waals surface area contributed by atoms with Gasteiger partial charge in [-0.05, 0) is 41.1 Å². The second-order valence-electron chi connectivity index (χ2n) is 4.28. The number of nitrogens with zero attached hydrogens (tertiary/aromatic N) is 2. The van der Waals surface area contributed by atoms with Crippen molar-refractivity contribution in [2.45, 2.75) is 13.5 Å². The van der Waals surface area contributed by atoms with Crippen LogP contribution in [0.1, 0.15) is 21.7 Å². The molecule has 2 N–H and O–H groups in total. The van der Waals surface area contributed by atoms with Gasteiger partial charge in [0.15, 0.2) is 0 Å². The summed E-state index contributed by atoms with van der Waals surface area (Å²) in [5.41, 5.74) is 7.95. The largest absolute Gasteiger partial charge is 0.455 e. The van der Waals surface area contributed by atoms with E-state index in [-0.39, 0.29) is 6.61 Å². The van der Waals surface area contributed by atoms with Gasteiger partial charge in [-0.3, -0.25) is 4.68 Å². The highest BCUT2D eigenvalue weighted by atomic mass is 79.9. The van der Waals surface area contributed by atoms with E-state index in [4.69, 9.17) is 22.1 Å². The molecule has 0 saturated heterocycles. The summed E-state index contributed by atoms with van der Waals surface area (Å²) in [7, 11) is 1.79. The zero-order valence-corrected chi connectivity index (χ0v) is 13.3. The summed E-state index contributed by atoms with van der Waals surface area (Å²) in [6.07, 6.45) is 0. The van der Waals surface area contributed by atoms with E-state index in [0.29, 0.717) is 16.3 Å². The van der Waals surface area contributed by atoms with Crippen molar-refractivity contribution in [2.75, 3.05) is 5.73 Å². The number of ether oxygens (including phenoxy) is 1. The number of aromatic nitrogens is 2. The van der Waals surface area contributed by atoms with Crippen LogP contribution in [0, 0.1) is 6.92 Å². The molecular formula is C13H13BrClN3O2. The fourth-order valence-electron chi connectivity index (χ4n) is 1.77. The summed E-state index contributed by atoms with van der Waals surface area (Å²) < 4.78 is 7.75. The number of rotatable bonds is 3. The van der Waals surface area contributed by atoms with Crippen molar-refractivity contribution in [3.8, 4) is 0 Å². The maximum Gasteiger partial charge on any atom is 0.340 e. The van der Waals surface area contributed by atoms with E-state index >= 15 is 0 Å². The number of aryl methyl sites for hydroxylation is 2. The minimum atomic E-state index is -0.495. The number of nitrogens with two attached hydrogens (primary N) is 1. The second kappa shape index (κ2) is 5.85. The molecule has 0 aliphatic heterocycles. The molecule has 1 heterocycles. The molecule has 7 heteroatoms. The highest BCUT2D eigenvalue weighted by Gasteiger charge is 2.15. The van der Waals surface area contributed by atoms with Crippen LogP contribution in [0.3, 0.4) is 0 Å². The quantitative estimate of drug-likeness (QED) is 0.676. The summed E-state index contributed by atoms with van der Waals surface area (Å²) in [5.74, 6) is -0.495. The van der Waals surface area contributed by atoms with Gasteiger partial charge in [-0.25, -0.2) is 4.79 Å². The van der Waals surface area contributed by atoms with Gasteiger partial charge in [-0.15, -0.1) is 0 Å². The number of nitrogen functional groups attached to an aromatic ring is 1. The summed E-state index contributed by atoms with van der Waals surface area (Å²) >= 11 is 9.20. The number of anilines is 1. The smallest absolute Gasteiger partial charge is 0.340 e. The SMILES string of the molecule is Cc1nn(C)c(COC(=O)c2ccc(Cl)cc2N)c1Br. The molecule has 2 aromatic rings. The molecule has 2 rings (SSSR count). The number of carbonyl (C=O) groups is 1. The van der Waals surface area contributed by atoms with Gasteiger partial charge in [0.2, 0.25) is 0 Å². The Morgan fingerprint density at radius 2 is 2.25 bits per heavy atom. The summed E-state index contributed by atoms with van der Waals surface area (Å²) in [4.78, 5) is 12.0. The lowest BCUT2D eigenvalue weighted by molar-refractivity contribution is 0.0464. The molecule has 106 valence electrons. The number of halogens is 2. The first-order chi connectivity index (χ1) is 9.40. The van der Waals surface area contributed by atoms with Gasteiger partial charge in [0.05, 0.1) is 21.4 Å². The van der Waals surface area contributed by atoms with Crippen LogP contribution in [0.2, 0.25) is 5.02 Å². The summed E-state index contributed by atoms with van der Waals surface area (Å²) in [6.45, 7) is 1.98. The zero-order valence-electron chi connectivity index (χ0n) is 11.0. The number of hydrogen-bond acceptors (Lipinski definition) is 4. The first-order valence-corrected chi connectivity index (χ1v) is 6.97. The van der Waals surface area contributed by atoms with Crippen LogP contribution in [-0.2, 0) is 18.4 Å². The van der Waals surface area contributed by atoms with Gasteiger partial charge in [-0.1, -0.05) is 11.6 Å². The number of esters is 1. The lowest BCUT2D eigenvalue weighted by atomic mass is 10.2. The Balaban J connectivity index is 2.12. The number of carbonyl (C=O) groups excluding carboxylic acids is 1. The van der Waals surface area contributed by atoms with E-state index in [9.17, 15) is 4.79 Å². The molecule has 0 saturated carbocycles. The fourth-order valence-corrected chi connectivity index (χ4v) is 2.40. The molecule has 0 fully saturated rings.